The molecule has 3 rings (SSSR count). The lowest BCUT2D eigenvalue weighted by Crippen LogP contribution is -2.57. The Hall–Kier alpha value is -2.09. The third-order valence-electron chi connectivity index (χ3n) is 6.40. The van der Waals surface area contributed by atoms with E-state index in [4.69, 9.17) is 17.3 Å². The highest BCUT2D eigenvalue weighted by Crippen LogP contribution is 2.42. The molecule has 2 aromatic rings. The first-order chi connectivity index (χ1) is 14.2. The minimum Gasteiger partial charge on any atom is -0.365 e. The summed E-state index contributed by atoms with van der Waals surface area (Å²) in [5, 5.41) is 6.73. The highest BCUT2D eigenvalue weighted by molar-refractivity contribution is 7.17. The minimum absolute atomic E-state index is 0.412. The van der Waals surface area contributed by atoms with Crippen molar-refractivity contribution in [2.24, 2.45) is 11.7 Å². The fourth-order valence-corrected chi connectivity index (χ4v) is 5.70. The van der Waals surface area contributed by atoms with Gasteiger partial charge in [-0.3, -0.25) is 10.1 Å². The normalized spacial score (nSPS) is 21.6. The van der Waals surface area contributed by atoms with Crippen LogP contribution in [-0.2, 0) is 13.0 Å². The summed E-state index contributed by atoms with van der Waals surface area (Å²) in [6.45, 7) is 8.43. The molecule has 0 spiro atoms. The van der Waals surface area contributed by atoms with Crippen LogP contribution in [0.1, 0.15) is 48.0 Å². The van der Waals surface area contributed by atoms with Gasteiger partial charge >= 0.3 is 6.03 Å². The van der Waals surface area contributed by atoms with Gasteiger partial charge in [0.05, 0.1) is 25.2 Å². The van der Waals surface area contributed by atoms with E-state index in [0.29, 0.717) is 33.2 Å². The molecule has 0 aliphatic carbocycles. The molecule has 1 aromatic heterocycles. The molecule has 6 nitrogen and oxygen atoms in total. The topological polar surface area (TPSA) is 84.2 Å². The van der Waals surface area contributed by atoms with E-state index >= 15 is 0 Å². The number of anilines is 2. The fraction of sp³-hybridized carbons (Fsp3) is 0.455. The summed E-state index contributed by atoms with van der Waals surface area (Å²) in [5.74, 6) is 0.0609. The maximum Gasteiger partial charge on any atom is 0.324 e. The molecule has 0 saturated carbocycles. The summed E-state index contributed by atoms with van der Waals surface area (Å²) in [7, 11) is 2.25. The number of nitrogens with one attached hydrogen (secondary N) is 2. The van der Waals surface area contributed by atoms with Gasteiger partial charge in [0.25, 0.3) is 5.91 Å². The average Bonchev–Trinajstić information content (AvgIpc) is 3.04. The second-order valence-electron chi connectivity index (χ2n) is 8.27. The standard InChI is InChI=1S/C22H29ClN4O2S/c1-5-13(3)17-11-18-16(12-27(17,4)6-2)19(20(24)28)21(30-18)26-22(29)25-15-9-7-14(23)8-10-15/h7-10,13,17H,5-6,11-12H2,1-4H3,(H3-,24,25,26,28,29)/p+1. The Morgan fingerprint density at radius 2 is 1.93 bits per heavy atom. The minimum atomic E-state index is -0.501. The van der Waals surface area contributed by atoms with E-state index in [9.17, 15) is 9.59 Å². The van der Waals surface area contributed by atoms with Crippen LogP contribution in [0, 0.1) is 5.92 Å². The SMILES string of the molecule is CCC(C)C1Cc2sc(NC(=O)Nc3ccc(Cl)cc3)c(C(N)=O)c2C[N+]1(C)CC. The first-order valence-corrected chi connectivity index (χ1v) is 11.5. The lowest BCUT2D eigenvalue weighted by atomic mass is 9.87. The summed E-state index contributed by atoms with van der Waals surface area (Å²) in [5.41, 5.74) is 7.80. The number of amides is 3. The van der Waals surface area contributed by atoms with Crippen molar-refractivity contribution in [3.05, 3.63) is 45.3 Å². The maximum absolute atomic E-state index is 12.6. The van der Waals surface area contributed by atoms with Crippen LogP contribution in [0.25, 0.3) is 0 Å². The first kappa shape index (κ1) is 22.6. The molecule has 8 heteroatoms. The molecule has 0 radical (unpaired) electrons. The van der Waals surface area contributed by atoms with Gasteiger partial charge < -0.3 is 15.5 Å². The van der Waals surface area contributed by atoms with Gasteiger partial charge in [-0.1, -0.05) is 25.4 Å². The number of fused-ring (bicyclic) bond motifs is 1. The van der Waals surface area contributed by atoms with E-state index in [1.54, 1.807) is 24.3 Å². The predicted molar refractivity (Wildman–Crippen MR) is 124 cm³/mol. The summed E-state index contributed by atoms with van der Waals surface area (Å²) in [4.78, 5) is 26.0. The Balaban J connectivity index is 1.90. The zero-order chi connectivity index (χ0) is 22.1. The third kappa shape index (κ3) is 4.48. The van der Waals surface area contributed by atoms with Crippen molar-refractivity contribution < 1.29 is 14.1 Å². The Labute approximate surface area is 187 Å². The number of hydrogen-bond donors (Lipinski definition) is 3. The number of quaternary nitrogens is 1. The second-order valence-corrected chi connectivity index (χ2v) is 9.81. The molecule has 2 heterocycles. The number of halogens is 1. The number of rotatable bonds is 6. The van der Waals surface area contributed by atoms with Gasteiger partial charge in [0, 0.05) is 33.5 Å². The highest BCUT2D eigenvalue weighted by Gasteiger charge is 2.43. The van der Waals surface area contributed by atoms with Crippen LogP contribution in [0.5, 0.6) is 0 Å². The molecule has 0 fully saturated rings. The molecule has 4 N–H and O–H groups in total. The number of urea groups is 1. The Morgan fingerprint density at radius 1 is 1.27 bits per heavy atom. The molecular weight excluding hydrogens is 420 g/mol. The van der Waals surface area contributed by atoms with Gasteiger partial charge in [-0.05, 0) is 37.6 Å². The number of thiophene rings is 1. The van der Waals surface area contributed by atoms with Crippen molar-refractivity contribution in [2.75, 3.05) is 24.2 Å². The van der Waals surface area contributed by atoms with E-state index in [1.165, 1.54) is 11.3 Å². The Bertz CT molecular complexity index is 943. The summed E-state index contributed by atoms with van der Waals surface area (Å²) in [6.07, 6.45) is 2.00. The van der Waals surface area contributed by atoms with Gasteiger partial charge in [-0.15, -0.1) is 11.3 Å². The average molecular weight is 450 g/mol. The quantitative estimate of drug-likeness (QED) is 0.537. The van der Waals surface area contributed by atoms with Crippen LogP contribution < -0.4 is 16.4 Å². The largest absolute Gasteiger partial charge is 0.365 e. The van der Waals surface area contributed by atoms with E-state index in [-0.39, 0.29) is 0 Å². The Morgan fingerprint density at radius 3 is 2.50 bits per heavy atom. The molecular formula is C22H30ClN4O2S+. The molecule has 30 heavy (non-hydrogen) atoms. The van der Waals surface area contributed by atoms with Crippen LogP contribution in [-0.4, -0.2) is 36.1 Å². The van der Waals surface area contributed by atoms with E-state index < -0.39 is 11.9 Å². The molecule has 1 aliphatic heterocycles. The molecule has 0 saturated heterocycles. The Kier molecular flexibility index (Phi) is 6.75. The fourth-order valence-electron chi connectivity index (χ4n) is 4.31. The van der Waals surface area contributed by atoms with Crippen LogP contribution in [0.15, 0.2) is 24.3 Å². The van der Waals surface area contributed by atoms with Crippen molar-refractivity contribution in [3.63, 3.8) is 0 Å². The predicted octanol–water partition coefficient (Wildman–Crippen LogP) is 5.08. The lowest BCUT2D eigenvalue weighted by molar-refractivity contribution is -0.950. The van der Waals surface area contributed by atoms with E-state index in [1.807, 2.05) is 0 Å². The van der Waals surface area contributed by atoms with Crippen LogP contribution in [0.2, 0.25) is 5.02 Å². The van der Waals surface area contributed by atoms with Gasteiger partial charge in [0.1, 0.15) is 11.5 Å². The van der Waals surface area contributed by atoms with Crippen LogP contribution >= 0.6 is 22.9 Å². The molecule has 0 bridgehead atoms. The highest BCUT2D eigenvalue weighted by atomic mass is 35.5. The number of likely N-dealkylation sites (N-methyl/N-ethyl adjacent to an activating group) is 1. The molecule has 1 aromatic carbocycles. The summed E-state index contributed by atoms with van der Waals surface area (Å²) >= 11 is 7.36. The molecule has 1 aliphatic rings. The number of nitrogens with zero attached hydrogens (tertiary/aromatic N) is 1. The lowest BCUT2D eigenvalue weighted by Gasteiger charge is -2.46. The monoisotopic (exact) mass is 449 g/mol. The van der Waals surface area contributed by atoms with Gasteiger partial charge in [-0.2, -0.15) is 0 Å². The van der Waals surface area contributed by atoms with Crippen LogP contribution in [0.3, 0.4) is 0 Å². The number of hydrogen-bond acceptors (Lipinski definition) is 3. The van der Waals surface area contributed by atoms with Crippen molar-refractivity contribution in [3.8, 4) is 0 Å². The number of nitrogens with two attached hydrogens (primary N) is 1. The summed E-state index contributed by atoms with van der Waals surface area (Å²) < 4.78 is 0.870. The van der Waals surface area contributed by atoms with Crippen molar-refractivity contribution >= 4 is 45.6 Å². The van der Waals surface area contributed by atoms with Crippen molar-refractivity contribution in [1.82, 2.24) is 0 Å². The number of primary amides is 1. The van der Waals surface area contributed by atoms with Gasteiger partial charge in [0.15, 0.2) is 0 Å². The molecule has 3 amide bonds. The maximum atomic E-state index is 12.6. The zero-order valence-electron chi connectivity index (χ0n) is 17.9. The zero-order valence-corrected chi connectivity index (χ0v) is 19.5. The molecule has 3 atom stereocenters. The van der Waals surface area contributed by atoms with Crippen LogP contribution in [0.4, 0.5) is 15.5 Å². The number of carbonyl (C=O) groups excluding carboxylic acids is 2. The first-order valence-electron chi connectivity index (χ1n) is 10.3. The van der Waals surface area contributed by atoms with Crippen molar-refractivity contribution in [2.45, 2.75) is 46.2 Å². The van der Waals surface area contributed by atoms with E-state index in [2.05, 4.69) is 38.5 Å². The number of benzene rings is 1. The van der Waals surface area contributed by atoms with Gasteiger partial charge in [-0.25, -0.2) is 4.79 Å². The third-order valence-corrected chi connectivity index (χ3v) is 7.83. The number of carbonyl (C=O) groups is 2. The van der Waals surface area contributed by atoms with E-state index in [0.717, 1.165) is 40.9 Å². The van der Waals surface area contributed by atoms with Crippen molar-refractivity contribution in [1.29, 1.82) is 0 Å². The molecule has 162 valence electrons. The molecule has 3 unspecified atom stereocenters. The second kappa shape index (κ2) is 8.96. The summed E-state index contributed by atoms with van der Waals surface area (Å²) in [6, 6.07) is 6.91. The van der Waals surface area contributed by atoms with Gasteiger partial charge in [0.2, 0.25) is 0 Å². The smallest absolute Gasteiger partial charge is 0.324 e.